The number of rotatable bonds is 4. The highest BCUT2D eigenvalue weighted by Crippen LogP contribution is 2.48. The molecule has 8 heteroatoms. The molecule has 0 unspecified atom stereocenters. The quantitative estimate of drug-likeness (QED) is 0.603. The molecule has 0 aromatic heterocycles. The van der Waals surface area contributed by atoms with Gasteiger partial charge in [0, 0.05) is 5.02 Å². The maximum Gasteiger partial charge on any atom is 0.266 e. The number of fused-ring (bicyclic) bond motifs is 1. The van der Waals surface area contributed by atoms with E-state index in [4.69, 9.17) is 21.2 Å². The van der Waals surface area contributed by atoms with Gasteiger partial charge in [-0.3, -0.25) is 14.4 Å². The molecule has 3 atom stereocenters. The zero-order chi connectivity index (χ0) is 22.4. The molecule has 2 heterocycles. The number of aromatic hydroxyl groups is 1. The second-order valence-electron chi connectivity index (χ2n) is 7.58. The first-order chi connectivity index (χ1) is 15.5. The third-order valence-electron chi connectivity index (χ3n) is 5.74. The number of phenols is 1. The van der Waals surface area contributed by atoms with Gasteiger partial charge in [0.2, 0.25) is 5.91 Å². The Kier molecular flexibility index (Phi) is 5.00. The van der Waals surface area contributed by atoms with Crippen LogP contribution in [0.25, 0.3) is 0 Å². The number of amides is 2. The number of carbonyl (C=O) groups is 2. The van der Waals surface area contributed by atoms with Crippen molar-refractivity contribution in [2.75, 3.05) is 17.1 Å². The van der Waals surface area contributed by atoms with Gasteiger partial charge < -0.3 is 9.84 Å². The van der Waals surface area contributed by atoms with Gasteiger partial charge in [-0.2, -0.15) is 0 Å². The Morgan fingerprint density at radius 1 is 0.938 bits per heavy atom. The molecule has 0 bridgehead atoms. The Labute approximate surface area is 189 Å². The number of hydrogen-bond donors (Lipinski definition) is 1. The van der Waals surface area contributed by atoms with Crippen molar-refractivity contribution in [1.29, 1.82) is 0 Å². The number of nitrogens with zero attached hydrogens (tertiary/aromatic N) is 2. The molecule has 3 aromatic rings. The van der Waals surface area contributed by atoms with E-state index in [2.05, 4.69) is 0 Å². The maximum absolute atomic E-state index is 13.6. The number of para-hydroxylation sites is 1. The van der Waals surface area contributed by atoms with Crippen LogP contribution in [0.4, 0.5) is 11.4 Å². The zero-order valence-corrected chi connectivity index (χ0v) is 17.8. The van der Waals surface area contributed by atoms with Crippen molar-refractivity contribution in [2.24, 2.45) is 5.92 Å². The molecule has 2 aliphatic rings. The summed E-state index contributed by atoms with van der Waals surface area (Å²) in [5.74, 6) is -1.38. The molecule has 5 rings (SSSR count). The van der Waals surface area contributed by atoms with Gasteiger partial charge in [0.15, 0.2) is 17.6 Å². The molecule has 0 spiro atoms. The summed E-state index contributed by atoms with van der Waals surface area (Å²) in [6, 6.07) is 20.1. The van der Waals surface area contributed by atoms with Crippen LogP contribution >= 0.6 is 11.6 Å². The van der Waals surface area contributed by atoms with E-state index in [1.165, 1.54) is 13.2 Å². The topological polar surface area (TPSA) is 79.3 Å². The molecule has 0 saturated carbocycles. The van der Waals surface area contributed by atoms with Crippen molar-refractivity contribution in [3.8, 4) is 11.5 Å². The average molecular weight is 451 g/mol. The van der Waals surface area contributed by atoms with Crippen LogP contribution in [-0.4, -0.2) is 30.1 Å². The third kappa shape index (κ3) is 3.18. The van der Waals surface area contributed by atoms with E-state index in [1.54, 1.807) is 41.5 Å². The van der Waals surface area contributed by atoms with Crippen LogP contribution in [0.5, 0.6) is 11.5 Å². The maximum atomic E-state index is 13.6. The van der Waals surface area contributed by atoms with Gasteiger partial charge in [-0.1, -0.05) is 41.9 Å². The normalized spacial score (nSPS) is 22.4. The number of ether oxygens (including phenoxy) is 1. The molecule has 0 aliphatic carbocycles. The predicted octanol–water partition coefficient (Wildman–Crippen LogP) is 4.11. The highest BCUT2D eigenvalue weighted by Gasteiger charge is 2.60. The summed E-state index contributed by atoms with van der Waals surface area (Å²) in [6.07, 6.45) is -0.994. The first-order valence-corrected chi connectivity index (χ1v) is 10.4. The second-order valence-corrected chi connectivity index (χ2v) is 8.02. The van der Waals surface area contributed by atoms with Crippen molar-refractivity contribution >= 4 is 34.8 Å². The molecule has 32 heavy (non-hydrogen) atoms. The largest absolute Gasteiger partial charge is 0.504 e. The van der Waals surface area contributed by atoms with Crippen LogP contribution in [-0.2, 0) is 14.4 Å². The molecule has 2 fully saturated rings. The minimum absolute atomic E-state index is 0.0210. The monoisotopic (exact) mass is 450 g/mol. The number of imide groups is 1. The minimum atomic E-state index is -0.994. The summed E-state index contributed by atoms with van der Waals surface area (Å²) >= 11 is 6.09. The molecule has 1 N–H and O–H groups in total. The van der Waals surface area contributed by atoms with Crippen LogP contribution in [0.15, 0.2) is 72.8 Å². The number of halogens is 1. The van der Waals surface area contributed by atoms with Gasteiger partial charge in [0.1, 0.15) is 5.92 Å². The Balaban J connectivity index is 1.61. The van der Waals surface area contributed by atoms with Gasteiger partial charge in [0.05, 0.1) is 24.5 Å². The highest BCUT2D eigenvalue weighted by atomic mass is 35.5. The van der Waals surface area contributed by atoms with Crippen LogP contribution in [0.3, 0.4) is 0 Å². The van der Waals surface area contributed by atoms with Crippen molar-refractivity contribution in [1.82, 2.24) is 0 Å². The Morgan fingerprint density at radius 2 is 1.69 bits per heavy atom. The fraction of sp³-hybridized carbons (Fsp3) is 0.167. The molecule has 0 radical (unpaired) electrons. The first kappa shape index (κ1) is 20.4. The molecular formula is C24H19ClN2O5. The summed E-state index contributed by atoms with van der Waals surface area (Å²) in [4.78, 5) is 34.1. The van der Waals surface area contributed by atoms with Gasteiger partial charge in [-0.15, -0.1) is 0 Å². The lowest BCUT2D eigenvalue weighted by atomic mass is 9.90. The third-order valence-corrected chi connectivity index (χ3v) is 5.97. The number of methoxy groups -OCH3 is 1. The summed E-state index contributed by atoms with van der Waals surface area (Å²) in [7, 11) is 1.45. The predicted molar refractivity (Wildman–Crippen MR) is 119 cm³/mol. The molecule has 2 amide bonds. The number of hydrogen-bond acceptors (Lipinski definition) is 6. The second kappa shape index (κ2) is 7.85. The average Bonchev–Trinajstić information content (AvgIpc) is 3.31. The summed E-state index contributed by atoms with van der Waals surface area (Å²) in [5, 5.41) is 12.1. The van der Waals surface area contributed by atoms with Crippen LogP contribution < -0.4 is 14.7 Å². The van der Waals surface area contributed by atoms with Gasteiger partial charge >= 0.3 is 0 Å². The lowest BCUT2D eigenvalue weighted by molar-refractivity contribution is -0.126. The molecule has 3 aromatic carbocycles. The van der Waals surface area contributed by atoms with E-state index >= 15 is 0 Å². The SMILES string of the molecule is COc1cc([C@H]2[C@@H]3C(=O)N(c4cccc(Cl)c4)C(=O)[C@H]3ON2c2ccccc2)ccc1O. The minimum Gasteiger partial charge on any atom is -0.504 e. The van der Waals surface area contributed by atoms with Crippen molar-refractivity contribution in [3.63, 3.8) is 0 Å². The smallest absolute Gasteiger partial charge is 0.266 e. The summed E-state index contributed by atoms with van der Waals surface area (Å²) in [5.41, 5.74) is 1.78. The number of phenolic OH excluding ortho intramolecular Hbond substituents is 1. The van der Waals surface area contributed by atoms with Crippen molar-refractivity contribution in [2.45, 2.75) is 12.1 Å². The summed E-state index contributed by atoms with van der Waals surface area (Å²) in [6.45, 7) is 0. The lowest BCUT2D eigenvalue weighted by Crippen LogP contribution is -2.37. The van der Waals surface area contributed by atoms with E-state index in [0.29, 0.717) is 22.0 Å². The van der Waals surface area contributed by atoms with Gasteiger partial charge in [0.25, 0.3) is 5.91 Å². The Hall–Kier alpha value is -3.55. The number of carbonyl (C=O) groups excluding carboxylic acids is 2. The fourth-order valence-corrected chi connectivity index (χ4v) is 4.48. The summed E-state index contributed by atoms with van der Waals surface area (Å²) < 4.78 is 5.26. The lowest BCUT2D eigenvalue weighted by Gasteiger charge is -2.29. The number of hydroxylamine groups is 1. The number of anilines is 2. The van der Waals surface area contributed by atoms with Crippen molar-refractivity contribution in [3.05, 3.63) is 83.4 Å². The van der Waals surface area contributed by atoms with Crippen LogP contribution in [0, 0.1) is 5.92 Å². The molecule has 162 valence electrons. The van der Waals surface area contributed by atoms with Crippen LogP contribution in [0.1, 0.15) is 11.6 Å². The van der Waals surface area contributed by atoms with E-state index < -0.39 is 24.0 Å². The molecule has 7 nitrogen and oxygen atoms in total. The van der Waals surface area contributed by atoms with E-state index in [0.717, 1.165) is 4.90 Å². The van der Waals surface area contributed by atoms with Gasteiger partial charge in [-0.25, -0.2) is 9.96 Å². The van der Waals surface area contributed by atoms with E-state index in [-0.39, 0.29) is 17.4 Å². The molecule has 2 saturated heterocycles. The van der Waals surface area contributed by atoms with Crippen LogP contribution in [0.2, 0.25) is 5.02 Å². The Bertz CT molecular complexity index is 1200. The fourth-order valence-electron chi connectivity index (χ4n) is 4.30. The first-order valence-electron chi connectivity index (χ1n) is 10.0. The highest BCUT2D eigenvalue weighted by molar-refractivity contribution is 6.31. The van der Waals surface area contributed by atoms with Crippen molar-refractivity contribution < 1.29 is 24.3 Å². The Morgan fingerprint density at radius 3 is 2.41 bits per heavy atom. The molecular weight excluding hydrogens is 432 g/mol. The van der Waals surface area contributed by atoms with E-state index in [9.17, 15) is 14.7 Å². The number of benzene rings is 3. The van der Waals surface area contributed by atoms with E-state index in [1.807, 2.05) is 30.3 Å². The zero-order valence-electron chi connectivity index (χ0n) is 17.0. The van der Waals surface area contributed by atoms with Gasteiger partial charge in [-0.05, 0) is 48.0 Å². The standard InChI is InChI=1S/C24H19ClN2O5/c1-31-19-12-14(10-11-18(19)28)21-20-22(32-27(21)16-7-3-2-4-8-16)24(30)26(23(20)29)17-9-5-6-15(25)13-17/h2-13,20-22,28H,1H3/t20-,21-,22-/m0/s1. The molecule has 2 aliphatic heterocycles.